The number of nitrogens with two attached hydrogens (primary N) is 2. The number of Topliss-reactive ketones (excluding diaryl/α,β-unsaturated/α-hetero) is 1. The minimum atomic E-state index is -1.74. The number of phenolic OH excluding ortho intramolecular Hbond substituents is 2. The molecule has 0 spiro atoms. The fourth-order valence-corrected chi connectivity index (χ4v) is 3.22. The van der Waals surface area contributed by atoms with E-state index in [0.717, 1.165) is 27.3 Å². The Labute approximate surface area is 179 Å². The number of H-pyrrole nitrogens is 2. The number of nitrogen functional groups attached to an aromatic ring is 2. The topological polar surface area (TPSA) is 261 Å². The highest BCUT2D eigenvalue weighted by Gasteiger charge is 2.34. The molecule has 0 saturated carbocycles. The van der Waals surface area contributed by atoms with E-state index in [-0.39, 0.29) is 34.5 Å². The van der Waals surface area contributed by atoms with Crippen molar-refractivity contribution in [3.8, 4) is 11.5 Å². The molecule has 8 N–H and O–H groups in total. The number of ketones is 1. The lowest BCUT2D eigenvalue weighted by Crippen LogP contribution is -2.33. The summed E-state index contributed by atoms with van der Waals surface area (Å²) in [6, 6.07) is 3.18. The maximum Gasteiger partial charge on any atom is 0.287 e. The van der Waals surface area contributed by atoms with Gasteiger partial charge in [0.25, 0.3) is 16.9 Å². The lowest BCUT2D eigenvalue weighted by atomic mass is 9.91. The minimum Gasteiger partial charge on any atom is -0.508 e. The van der Waals surface area contributed by atoms with Crippen molar-refractivity contribution in [1.82, 2.24) is 49.8 Å². The molecule has 0 unspecified atom stereocenters. The lowest BCUT2D eigenvalue weighted by Gasteiger charge is -2.15. The average Bonchev–Trinajstić information content (AvgIpc) is 3.30. The van der Waals surface area contributed by atoms with Crippen molar-refractivity contribution in [3.63, 3.8) is 0 Å². The molecule has 0 radical (unpaired) electrons. The third kappa shape index (κ3) is 2.99. The van der Waals surface area contributed by atoms with Gasteiger partial charge < -0.3 is 21.7 Å². The molecule has 4 heterocycles. The lowest BCUT2D eigenvalue weighted by molar-refractivity contribution is 0.0967. The van der Waals surface area contributed by atoms with Gasteiger partial charge in [0.15, 0.2) is 11.6 Å². The minimum absolute atomic E-state index is 0.0958. The Balaban J connectivity index is 1.81. The van der Waals surface area contributed by atoms with E-state index in [1.807, 2.05) is 0 Å². The summed E-state index contributed by atoms with van der Waals surface area (Å²) < 4.78 is 1.87. The van der Waals surface area contributed by atoms with Crippen LogP contribution in [0.15, 0.2) is 27.8 Å². The van der Waals surface area contributed by atoms with E-state index in [0.29, 0.717) is 0 Å². The molecule has 5 aromatic rings. The summed E-state index contributed by atoms with van der Waals surface area (Å²) in [4.78, 5) is 47.3. The highest BCUT2D eigenvalue weighted by molar-refractivity contribution is 6.04. The van der Waals surface area contributed by atoms with Gasteiger partial charge in [-0.1, -0.05) is 0 Å². The number of rotatable bonds is 4. The second kappa shape index (κ2) is 6.83. The van der Waals surface area contributed by atoms with Crippen LogP contribution in [0.2, 0.25) is 0 Å². The zero-order valence-electron chi connectivity index (χ0n) is 16.2. The van der Waals surface area contributed by atoms with E-state index in [1.165, 1.54) is 0 Å². The Hall–Kier alpha value is -5.35. The van der Waals surface area contributed by atoms with Crippen molar-refractivity contribution < 1.29 is 15.0 Å². The number of benzene rings is 1. The Morgan fingerprint density at radius 2 is 1.73 bits per heavy atom. The van der Waals surface area contributed by atoms with Crippen molar-refractivity contribution in [2.45, 2.75) is 5.92 Å². The van der Waals surface area contributed by atoms with Gasteiger partial charge in [-0.25, -0.2) is 15.1 Å². The van der Waals surface area contributed by atoms with Crippen molar-refractivity contribution in [1.29, 1.82) is 0 Å². The van der Waals surface area contributed by atoms with Gasteiger partial charge in [0, 0.05) is 6.07 Å². The Kier molecular flexibility index (Phi) is 4.06. The number of hydrogen-bond acceptors (Lipinski definition) is 13. The van der Waals surface area contributed by atoms with E-state index in [4.69, 9.17) is 11.5 Å². The molecule has 5 rings (SSSR count). The number of anilines is 2. The van der Waals surface area contributed by atoms with Crippen molar-refractivity contribution >= 4 is 29.0 Å². The third-order valence-electron chi connectivity index (χ3n) is 4.73. The molecule has 17 nitrogen and oxygen atoms in total. The second-order valence-electron chi connectivity index (χ2n) is 6.78. The second-order valence-corrected chi connectivity index (χ2v) is 6.78. The van der Waals surface area contributed by atoms with Crippen LogP contribution >= 0.6 is 0 Å². The molecule has 4 aromatic heterocycles. The smallest absolute Gasteiger partial charge is 0.287 e. The van der Waals surface area contributed by atoms with Crippen LogP contribution in [0.3, 0.4) is 0 Å². The molecule has 0 bridgehead atoms. The zero-order valence-corrected chi connectivity index (χ0v) is 16.2. The van der Waals surface area contributed by atoms with Gasteiger partial charge in [0.05, 0.1) is 5.56 Å². The van der Waals surface area contributed by atoms with E-state index in [9.17, 15) is 24.6 Å². The molecule has 166 valence electrons. The zero-order chi connectivity index (χ0) is 23.4. The van der Waals surface area contributed by atoms with Crippen LogP contribution in [0.4, 0.5) is 11.8 Å². The number of aromatic nitrogens is 10. The van der Waals surface area contributed by atoms with Gasteiger partial charge in [-0.2, -0.15) is 4.52 Å². The van der Waals surface area contributed by atoms with Gasteiger partial charge in [-0.15, -0.1) is 19.9 Å². The molecular formula is C16H12N12O5. The van der Waals surface area contributed by atoms with E-state index < -0.39 is 40.0 Å². The molecule has 0 saturated heterocycles. The average molecular weight is 452 g/mol. The predicted molar refractivity (Wildman–Crippen MR) is 108 cm³/mol. The summed E-state index contributed by atoms with van der Waals surface area (Å²) in [5.41, 5.74) is 8.13. The first kappa shape index (κ1) is 19.6. The Morgan fingerprint density at radius 1 is 1.00 bits per heavy atom. The number of carbonyl (C=O) groups is 1. The number of hydrogen-bond donors (Lipinski definition) is 6. The first-order valence-electron chi connectivity index (χ1n) is 9.02. The monoisotopic (exact) mass is 452 g/mol. The van der Waals surface area contributed by atoms with Gasteiger partial charge in [-0.05, 0) is 17.3 Å². The summed E-state index contributed by atoms with van der Waals surface area (Å²) in [5.74, 6) is -4.09. The fourth-order valence-electron chi connectivity index (χ4n) is 3.22. The molecule has 0 aliphatic heterocycles. The molecule has 0 aliphatic carbocycles. The van der Waals surface area contributed by atoms with Gasteiger partial charge in [0.1, 0.15) is 28.8 Å². The summed E-state index contributed by atoms with van der Waals surface area (Å²) >= 11 is 0. The maximum absolute atomic E-state index is 13.5. The first-order valence-corrected chi connectivity index (χ1v) is 9.02. The number of phenols is 2. The Bertz CT molecular complexity index is 1700. The van der Waals surface area contributed by atoms with Crippen molar-refractivity contribution in [2.75, 3.05) is 11.5 Å². The number of aromatic hydroxyl groups is 2. The van der Waals surface area contributed by atoms with E-state index >= 15 is 0 Å². The van der Waals surface area contributed by atoms with Crippen molar-refractivity contribution in [3.05, 3.63) is 55.9 Å². The van der Waals surface area contributed by atoms with Crippen LogP contribution in [0.25, 0.3) is 11.4 Å². The normalized spacial score (nSPS) is 12.4. The molecule has 1 aromatic carbocycles. The molecule has 1 atom stereocenters. The third-order valence-corrected chi connectivity index (χ3v) is 4.73. The fraction of sp³-hybridized carbons (Fsp3) is 0.0625. The first-order chi connectivity index (χ1) is 15.7. The molecular weight excluding hydrogens is 440 g/mol. The molecule has 0 fully saturated rings. The highest BCUT2D eigenvalue weighted by Crippen LogP contribution is 2.30. The maximum atomic E-state index is 13.5. The van der Waals surface area contributed by atoms with Crippen LogP contribution in [-0.4, -0.2) is 65.8 Å². The summed E-state index contributed by atoms with van der Waals surface area (Å²) in [6.07, 6.45) is 0. The number of nitrogens with zero attached hydrogens (tertiary/aromatic N) is 8. The molecule has 0 aliphatic rings. The standard InChI is InChI=1S/C16H12N12O5/c17-11-12-19-8(14(33)25-28(12)26-21-11)7(10(31)5-2-1-4(29)3-6(5)30)9-13(32)24-27-15(18)22-23-16(27)20-9/h1-3,7,29-30H,17H2,(H2,18,22)(H,24,32)(H,25,33)/t7-/m1/s1. The van der Waals surface area contributed by atoms with E-state index in [1.54, 1.807) is 0 Å². The summed E-state index contributed by atoms with van der Waals surface area (Å²) in [7, 11) is 0. The van der Waals surface area contributed by atoms with Crippen LogP contribution in [0.1, 0.15) is 27.7 Å². The SMILES string of the molecule is Nc1nnn2[nH]c(=O)c([C@@H](C(=O)c3ccc(O)cc3O)c3nc4nnc(N)n4[nH]c3=O)nc12. The molecule has 33 heavy (non-hydrogen) atoms. The van der Waals surface area contributed by atoms with Crippen LogP contribution in [-0.2, 0) is 0 Å². The number of aromatic amines is 2. The summed E-state index contributed by atoms with van der Waals surface area (Å²) in [6.45, 7) is 0. The highest BCUT2D eigenvalue weighted by atomic mass is 16.3. The summed E-state index contributed by atoms with van der Waals surface area (Å²) in [5, 5.41) is 38.9. The number of fused-ring (bicyclic) bond motifs is 2. The van der Waals surface area contributed by atoms with Crippen LogP contribution in [0.5, 0.6) is 11.5 Å². The molecule has 17 heteroatoms. The van der Waals surface area contributed by atoms with Crippen LogP contribution in [0, 0.1) is 0 Å². The number of nitrogens with one attached hydrogen (secondary N) is 2. The Morgan fingerprint density at radius 3 is 2.48 bits per heavy atom. The van der Waals surface area contributed by atoms with Gasteiger partial charge in [-0.3, -0.25) is 19.5 Å². The van der Waals surface area contributed by atoms with Crippen molar-refractivity contribution in [2.24, 2.45) is 0 Å². The quantitative estimate of drug-likeness (QED) is 0.155. The number of carbonyl (C=O) groups excluding carboxylic acids is 1. The van der Waals surface area contributed by atoms with E-state index in [2.05, 4.69) is 40.7 Å². The molecule has 0 amide bonds. The predicted octanol–water partition coefficient (Wildman–Crippen LogP) is -2.47. The largest absolute Gasteiger partial charge is 0.508 e. The van der Waals surface area contributed by atoms with Gasteiger partial charge in [0.2, 0.25) is 11.6 Å². The van der Waals surface area contributed by atoms with Gasteiger partial charge >= 0.3 is 0 Å². The van der Waals surface area contributed by atoms with Crippen LogP contribution < -0.4 is 22.6 Å².